The van der Waals surface area contributed by atoms with Gasteiger partial charge in [-0.3, -0.25) is 0 Å². The molecule has 0 saturated heterocycles. The first kappa shape index (κ1) is 12.3. The number of benzene rings is 2. The van der Waals surface area contributed by atoms with Crippen LogP contribution in [-0.4, -0.2) is 9.97 Å². The molecule has 0 radical (unpaired) electrons. The van der Waals surface area contributed by atoms with Gasteiger partial charge in [-0.1, -0.05) is 17.7 Å². The van der Waals surface area contributed by atoms with E-state index in [0.29, 0.717) is 16.5 Å². The standard InChI is InChI=1S/C15H12ClN5/c1-15(20-11-4-2-3-9(17)13(11)21-15)14-18-10-6-5-8(16)7-12(10)19-14/h2-7H,17H2,1H3,(H,18,19). The Bertz CT molecular complexity index is 991. The third-order valence-corrected chi connectivity index (χ3v) is 3.84. The molecule has 1 aromatic heterocycles. The molecule has 6 heteroatoms. The second-order valence-corrected chi connectivity index (χ2v) is 5.64. The molecule has 104 valence electrons. The zero-order valence-electron chi connectivity index (χ0n) is 11.3. The molecule has 2 aromatic carbocycles. The maximum Gasteiger partial charge on any atom is 0.206 e. The highest BCUT2D eigenvalue weighted by Crippen LogP contribution is 2.28. The number of nitrogen functional groups attached to an aromatic ring is 1. The van der Waals surface area contributed by atoms with Crippen molar-refractivity contribution in [3.8, 4) is 0 Å². The summed E-state index contributed by atoms with van der Waals surface area (Å²) < 4.78 is 0. The molecule has 4 rings (SSSR count). The number of anilines is 1. The van der Waals surface area contributed by atoms with Crippen molar-refractivity contribution in [2.75, 3.05) is 5.73 Å². The molecule has 5 nitrogen and oxygen atoms in total. The van der Waals surface area contributed by atoms with E-state index in [1.807, 2.05) is 43.3 Å². The number of imidazole rings is 1. The zero-order chi connectivity index (χ0) is 14.6. The molecule has 1 atom stereocenters. The number of aromatic amines is 1. The van der Waals surface area contributed by atoms with Crippen molar-refractivity contribution in [3.05, 3.63) is 58.0 Å². The molecule has 21 heavy (non-hydrogen) atoms. The van der Waals surface area contributed by atoms with Crippen LogP contribution in [0.1, 0.15) is 12.7 Å². The van der Waals surface area contributed by atoms with Gasteiger partial charge in [0.25, 0.3) is 0 Å². The van der Waals surface area contributed by atoms with Crippen molar-refractivity contribution in [1.82, 2.24) is 9.97 Å². The summed E-state index contributed by atoms with van der Waals surface area (Å²) in [6.45, 7) is 1.91. The van der Waals surface area contributed by atoms with Gasteiger partial charge in [-0.15, -0.1) is 0 Å². The average Bonchev–Trinajstić information content (AvgIpc) is 3.00. The predicted octanol–water partition coefficient (Wildman–Crippen LogP) is 1.92. The highest BCUT2D eigenvalue weighted by Gasteiger charge is 2.31. The number of fused-ring (bicyclic) bond motifs is 2. The quantitative estimate of drug-likeness (QED) is 0.673. The molecule has 0 amide bonds. The largest absolute Gasteiger partial charge is 0.397 e. The second kappa shape index (κ2) is 4.05. The number of rotatable bonds is 1. The first-order valence-electron chi connectivity index (χ1n) is 6.55. The molecule has 0 aliphatic carbocycles. The molecule has 0 bridgehead atoms. The summed E-state index contributed by atoms with van der Waals surface area (Å²) in [5.74, 6) is 0.676. The van der Waals surface area contributed by atoms with E-state index in [4.69, 9.17) is 17.3 Å². The van der Waals surface area contributed by atoms with Crippen molar-refractivity contribution in [1.29, 1.82) is 0 Å². The number of nitrogens with two attached hydrogens (primary N) is 1. The highest BCUT2D eigenvalue weighted by molar-refractivity contribution is 6.31. The Morgan fingerprint density at radius 1 is 1.19 bits per heavy atom. The van der Waals surface area contributed by atoms with Crippen LogP contribution in [0, 0.1) is 0 Å². The zero-order valence-corrected chi connectivity index (χ0v) is 12.0. The Hall–Kier alpha value is -2.40. The maximum absolute atomic E-state index is 6.00. The minimum Gasteiger partial charge on any atom is -0.397 e. The predicted molar refractivity (Wildman–Crippen MR) is 81.6 cm³/mol. The molecule has 1 aliphatic heterocycles. The molecule has 0 saturated carbocycles. The van der Waals surface area contributed by atoms with E-state index in [2.05, 4.69) is 20.0 Å². The van der Waals surface area contributed by atoms with Crippen LogP contribution in [0.2, 0.25) is 5.02 Å². The van der Waals surface area contributed by atoms with Crippen LogP contribution in [0.15, 0.2) is 46.4 Å². The van der Waals surface area contributed by atoms with Crippen molar-refractivity contribution in [3.63, 3.8) is 0 Å². The smallest absolute Gasteiger partial charge is 0.206 e. The van der Waals surface area contributed by atoms with Crippen LogP contribution < -0.4 is 16.4 Å². The third-order valence-electron chi connectivity index (χ3n) is 3.61. The van der Waals surface area contributed by atoms with Crippen molar-refractivity contribution >= 4 is 28.3 Å². The summed E-state index contributed by atoms with van der Waals surface area (Å²) in [5.41, 5.74) is 7.51. The number of H-pyrrole nitrogens is 1. The summed E-state index contributed by atoms with van der Waals surface area (Å²) in [7, 11) is 0. The van der Waals surface area contributed by atoms with Crippen LogP contribution in [0.3, 0.4) is 0 Å². The van der Waals surface area contributed by atoms with E-state index in [9.17, 15) is 0 Å². The normalized spacial score (nSPS) is 20.1. The number of aromatic nitrogens is 2. The Labute approximate surface area is 125 Å². The van der Waals surface area contributed by atoms with Gasteiger partial charge in [-0.2, -0.15) is 0 Å². The Kier molecular flexibility index (Phi) is 2.38. The van der Waals surface area contributed by atoms with E-state index < -0.39 is 5.66 Å². The Morgan fingerprint density at radius 2 is 2.05 bits per heavy atom. The summed E-state index contributed by atoms with van der Waals surface area (Å²) >= 11 is 6.00. The first-order valence-corrected chi connectivity index (χ1v) is 6.93. The highest BCUT2D eigenvalue weighted by atomic mass is 35.5. The van der Waals surface area contributed by atoms with Crippen molar-refractivity contribution in [2.24, 2.45) is 9.98 Å². The van der Waals surface area contributed by atoms with E-state index in [1.165, 1.54) is 0 Å². The van der Waals surface area contributed by atoms with Gasteiger partial charge in [0, 0.05) is 5.02 Å². The minimum atomic E-state index is -0.788. The number of nitrogens with one attached hydrogen (secondary N) is 1. The van der Waals surface area contributed by atoms with E-state index in [-0.39, 0.29) is 0 Å². The number of hydrogen-bond acceptors (Lipinski definition) is 4. The van der Waals surface area contributed by atoms with Gasteiger partial charge in [-0.25, -0.2) is 15.0 Å². The van der Waals surface area contributed by atoms with Crippen LogP contribution in [-0.2, 0) is 5.66 Å². The summed E-state index contributed by atoms with van der Waals surface area (Å²) in [4.78, 5) is 17.1. The van der Waals surface area contributed by atoms with E-state index >= 15 is 0 Å². The van der Waals surface area contributed by atoms with Crippen LogP contribution in [0.5, 0.6) is 0 Å². The fourth-order valence-corrected chi connectivity index (χ4v) is 2.72. The Balaban J connectivity index is 1.94. The van der Waals surface area contributed by atoms with Crippen molar-refractivity contribution in [2.45, 2.75) is 12.6 Å². The SMILES string of the molecule is CC1(c2nc3ccc(Cl)cc3[nH]2)N=c2cccc(N)c2=N1. The second-order valence-electron chi connectivity index (χ2n) is 5.21. The number of nitrogens with zero attached hydrogens (tertiary/aromatic N) is 3. The molecule has 1 unspecified atom stereocenters. The summed E-state index contributed by atoms with van der Waals surface area (Å²) in [5, 5.41) is 2.17. The van der Waals surface area contributed by atoms with Crippen LogP contribution >= 0.6 is 11.6 Å². The van der Waals surface area contributed by atoms with Gasteiger partial charge >= 0.3 is 0 Å². The molecular weight excluding hydrogens is 286 g/mol. The topological polar surface area (TPSA) is 79.4 Å². The van der Waals surface area contributed by atoms with E-state index in [1.54, 1.807) is 0 Å². The fourth-order valence-electron chi connectivity index (χ4n) is 2.55. The average molecular weight is 298 g/mol. The van der Waals surface area contributed by atoms with Crippen LogP contribution in [0.4, 0.5) is 5.69 Å². The molecule has 3 aromatic rings. The lowest BCUT2D eigenvalue weighted by Crippen LogP contribution is -2.24. The first-order chi connectivity index (χ1) is 10.0. The van der Waals surface area contributed by atoms with Gasteiger partial charge in [0.15, 0.2) is 5.82 Å². The molecule has 2 heterocycles. The maximum atomic E-state index is 6.00. The van der Waals surface area contributed by atoms with Gasteiger partial charge < -0.3 is 10.7 Å². The summed E-state index contributed by atoms with van der Waals surface area (Å²) in [6.07, 6.45) is 0. The van der Waals surface area contributed by atoms with Gasteiger partial charge in [0.2, 0.25) is 5.66 Å². The fraction of sp³-hybridized carbons (Fsp3) is 0.133. The number of para-hydroxylation sites is 1. The lowest BCUT2D eigenvalue weighted by atomic mass is 10.2. The molecular formula is C15H12ClN5. The molecule has 0 fully saturated rings. The molecule has 1 aliphatic rings. The molecule has 0 spiro atoms. The summed E-state index contributed by atoms with van der Waals surface area (Å²) in [6, 6.07) is 11.1. The van der Waals surface area contributed by atoms with Gasteiger partial charge in [0.05, 0.1) is 22.1 Å². The third kappa shape index (κ3) is 1.81. The lowest BCUT2D eigenvalue weighted by molar-refractivity contribution is 0.494. The monoisotopic (exact) mass is 297 g/mol. The van der Waals surface area contributed by atoms with Gasteiger partial charge in [0.1, 0.15) is 5.36 Å². The number of hydrogen-bond donors (Lipinski definition) is 2. The lowest BCUT2D eigenvalue weighted by Gasteiger charge is -2.13. The van der Waals surface area contributed by atoms with E-state index in [0.717, 1.165) is 21.7 Å². The number of halogens is 1. The molecule has 3 N–H and O–H groups in total. The minimum absolute atomic E-state index is 0.624. The Morgan fingerprint density at radius 3 is 2.86 bits per heavy atom. The van der Waals surface area contributed by atoms with Crippen LogP contribution in [0.25, 0.3) is 11.0 Å². The van der Waals surface area contributed by atoms with Gasteiger partial charge in [-0.05, 0) is 37.3 Å². The van der Waals surface area contributed by atoms with Crippen molar-refractivity contribution < 1.29 is 0 Å².